The number of hydrogen-bond acceptors (Lipinski definition) is 5. The maximum Gasteiger partial charge on any atom is 0.309 e. The lowest BCUT2D eigenvalue weighted by atomic mass is 9.97. The highest BCUT2D eigenvalue weighted by Gasteiger charge is 2.43. The van der Waals surface area contributed by atoms with Gasteiger partial charge >= 0.3 is 11.9 Å². The average molecular weight is 366 g/mol. The largest absolute Gasteiger partial charge is 0.418 e. The summed E-state index contributed by atoms with van der Waals surface area (Å²) in [5.74, 6) is -2.23. The standard InChI is InChI=1S/C22H22O5/c23-19(17-9-3-1-4-10-17)13-7-14-20(24)26-22(16-8-15-21(25)27-22)18-11-5-2-6-12-18/h1-6,9-12H,7-8,13-16H2. The molecule has 2 aromatic rings. The zero-order valence-electron chi connectivity index (χ0n) is 15.1. The van der Waals surface area contributed by atoms with Crippen molar-refractivity contribution in [3.63, 3.8) is 0 Å². The van der Waals surface area contributed by atoms with Gasteiger partial charge in [0.25, 0.3) is 5.79 Å². The summed E-state index contributed by atoms with van der Waals surface area (Å²) in [6, 6.07) is 18.0. The number of benzene rings is 2. The van der Waals surface area contributed by atoms with Crippen LogP contribution in [0, 0.1) is 0 Å². The molecule has 0 amide bonds. The minimum Gasteiger partial charge on any atom is -0.418 e. The van der Waals surface area contributed by atoms with Crippen molar-refractivity contribution >= 4 is 17.7 Å². The van der Waals surface area contributed by atoms with Gasteiger partial charge in [0.15, 0.2) is 5.78 Å². The van der Waals surface area contributed by atoms with Crippen LogP contribution in [0.1, 0.15) is 54.4 Å². The normalized spacial score (nSPS) is 19.2. The molecule has 1 aliphatic rings. The summed E-state index contributed by atoms with van der Waals surface area (Å²) >= 11 is 0. The van der Waals surface area contributed by atoms with Gasteiger partial charge in [-0.15, -0.1) is 0 Å². The fourth-order valence-corrected chi connectivity index (χ4v) is 3.17. The summed E-state index contributed by atoms with van der Waals surface area (Å²) in [5, 5.41) is 0. The van der Waals surface area contributed by atoms with E-state index >= 15 is 0 Å². The van der Waals surface area contributed by atoms with E-state index in [1.165, 1.54) is 0 Å². The zero-order chi connectivity index (χ0) is 19.1. The summed E-state index contributed by atoms with van der Waals surface area (Å²) < 4.78 is 11.1. The van der Waals surface area contributed by atoms with Gasteiger partial charge in [-0.25, -0.2) is 0 Å². The average Bonchev–Trinajstić information content (AvgIpc) is 2.69. The Balaban J connectivity index is 1.60. The number of hydrogen-bond donors (Lipinski definition) is 0. The van der Waals surface area contributed by atoms with Gasteiger partial charge < -0.3 is 9.47 Å². The summed E-state index contributed by atoms with van der Waals surface area (Å²) in [7, 11) is 0. The number of carbonyl (C=O) groups is 3. The quantitative estimate of drug-likeness (QED) is 0.543. The third-order valence-corrected chi connectivity index (χ3v) is 4.54. The number of rotatable bonds is 7. The Labute approximate surface area is 158 Å². The molecule has 27 heavy (non-hydrogen) atoms. The molecule has 2 aromatic carbocycles. The molecule has 0 bridgehead atoms. The van der Waals surface area contributed by atoms with E-state index in [0.717, 1.165) is 0 Å². The molecule has 1 unspecified atom stereocenters. The molecule has 1 heterocycles. The molecule has 0 aromatic heterocycles. The highest BCUT2D eigenvalue weighted by Crippen LogP contribution is 2.37. The highest BCUT2D eigenvalue weighted by atomic mass is 16.7. The van der Waals surface area contributed by atoms with E-state index < -0.39 is 11.8 Å². The molecule has 1 atom stereocenters. The number of ether oxygens (including phenoxy) is 2. The first-order valence-electron chi connectivity index (χ1n) is 9.16. The van der Waals surface area contributed by atoms with Gasteiger partial charge in [-0.3, -0.25) is 14.4 Å². The van der Waals surface area contributed by atoms with Crippen LogP contribution < -0.4 is 0 Å². The van der Waals surface area contributed by atoms with Crippen LogP contribution in [0.3, 0.4) is 0 Å². The molecule has 5 nitrogen and oxygen atoms in total. The van der Waals surface area contributed by atoms with Gasteiger partial charge in [-0.05, 0) is 12.8 Å². The monoisotopic (exact) mass is 366 g/mol. The van der Waals surface area contributed by atoms with Crippen LogP contribution in [-0.4, -0.2) is 17.7 Å². The fraction of sp³-hybridized carbons (Fsp3) is 0.318. The lowest BCUT2D eigenvalue weighted by Gasteiger charge is -2.36. The summed E-state index contributed by atoms with van der Waals surface area (Å²) in [5.41, 5.74) is 1.28. The van der Waals surface area contributed by atoms with E-state index in [4.69, 9.17) is 9.47 Å². The van der Waals surface area contributed by atoms with Crippen LogP contribution >= 0.6 is 0 Å². The topological polar surface area (TPSA) is 69.7 Å². The third-order valence-electron chi connectivity index (χ3n) is 4.54. The van der Waals surface area contributed by atoms with Crippen molar-refractivity contribution in [3.8, 4) is 0 Å². The van der Waals surface area contributed by atoms with E-state index in [9.17, 15) is 14.4 Å². The maximum absolute atomic E-state index is 12.4. The van der Waals surface area contributed by atoms with Crippen molar-refractivity contribution in [2.24, 2.45) is 0 Å². The predicted molar refractivity (Wildman–Crippen MR) is 98.8 cm³/mol. The van der Waals surface area contributed by atoms with Crippen LogP contribution in [0.25, 0.3) is 0 Å². The first-order chi connectivity index (χ1) is 13.1. The van der Waals surface area contributed by atoms with Crippen LogP contribution in [0.5, 0.6) is 0 Å². The minimum atomic E-state index is -1.36. The van der Waals surface area contributed by atoms with E-state index in [-0.39, 0.29) is 24.6 Å². The van der Waals surface area contributed by atoms with Crippen molar-refractivity contribution in [2.75, 3.05) is 0 Å². The Morgan fingerprint density at radius 1 is 0.963 bits per heavy atom. The van der Waals surface area contributed by atoms with Crippen LogP contribution in [0.15, 0.2) is 60.7 Å². The molecular formula is C22H22O5. The lowest BCUT2D eigenvalue weighted by molar-refractivity contribution is -0.246. The first-order valence-corrected chi connectivity index (χ1v) is 9.16. The summed E-state index contributed by atoms with van der Waals surface area (Å²) in [6.07, 6.45) is 2.07. The Kier molecular flexibility index (Phi) is 6.01. The van der Waals surface area contributed by atoms with Crippen molar-refractivity contribution in [2.45, 2.75) is 44.3 Å². The lowest BCUT2D eigenvalue weighted by Crippen LogP contribution is -2.40. The molecule has 0 N–H and O–H groups in total. The SMILES string of the molecule is O=C(CCCC(=O)c1ccccc1)OC1(c2ccccc2)CCCC(=O)O1. The number of Topliss-reactive ketones (excluding diaryl/α,β-unsaturated/α-hetero) is 1. The van der Waals surface area contributed by atoms with E-state index in [0.29, 0.717) is 36.8 Å². The minimum absolute atomic E-state index is 0.00901. The predicted octanol–water partition coefficient (Wildman–Crippen LogP) is 4.16. The van der Waals surface area contributed by atoms with Crippen LogP contribution in [0.4, 0.5) is 0 Å². The second kappa shape index (κ2) is 8.62. The van der Waals surface area contributed by atoms with Gasteiger partial charge in [0, 0.05) is 36.8 Å². The molecule has 3 rings (SSSR count). The summed E-state index contributed by atoms with van der Waals surface area (Å²) in [4.78, 5) is 36.3. The van der Waals surface area contributed by atoms with Gasteiger partial charge in [0.1, 0.15) is 0 Å². The van der Waals surface area contributed by atoms with Crippen molar-refractivity contribution in [1.29, 1.82) is 0 Å². The molecule has 140 valence electrons. The molecule has 0 spiro atoms. The molecule has 1 fully saturated rings. The van der Waals surface area contributed by atoms with Gasteiger partial charge in [-0.1, -0.05) is 60.7 Å². The molecular weight excluding hydrogens is 344 g/mol. The summed E-state index contributed by atoms with van der Waals surface area (Å²) in [6.45, 7) is 0. The van der Waals surface area contributed by atoms with Crippen LogP contribution in [-0.2, 0) is 24.8 Å². The Hall–Kier alpha value is -2.95. The van der Waals surface area contributed by atoms with E-state index in [1.807, 2.05) is 36.4 Å². The Morgan fingerprint density at radius 2 is 1.63 bits per heavy atom. The molecule has 5 heteroatoms. The number of ketones is 1. The molecule has 0 radical (unpaired) electrons. The fourth-order valence-electron chi connectivity index (χ4n) is 3.17. The molecule has 0 saturated carbocycles. The number of cyclic esters (lactones) is 1. The van der Waals surface area contributed by atoms with Crippen LogP contribution in [0.2, 0.25) is 0 Å². The number of carbonyl (C=O) groups excluding carboxylic acids is 3. The molecule has 1 aliphatic heterocycles. The van der Waals surface area contributed by atoms with Gasteiger partial charge in [0.2, 0.25) is 0 Å². The zero-order valence-corrected chi connectivity index (χ0v) is 15.1. The first kappa shape index (κ1) is 18.8. The Morgan fingerprint density at radius 3 is 2.30 bits per heavy atom. The number of esters is 2. The second-order valence-corrected chi connectivity index (χ2v) is 6.56. The third kappa shape index (κ3) is 4.82. The van der Waals surface area contributed by atoms with Gasteiger partial charge in [0.05, 0.1) is 0 Å². The Bertz CT molecular complexity index is 800. The van der Waals surface area contributed by atoms with Crippen molar-refractivity contribution < 1.29 is 23.9 Å². The molecule has 0 aliphatic carbocycles. The molecule has 1 saturated heterocycles. The van der Waals surface area contributed by atoms with Crippen molar-refractivity contribution in [3.05, 3.63) is 71.8 Å². The van der Waals surface area contributed by atoms with E-state index in [2.05, 4.69) is 0 Å². The second-order valence-electron chi connectivity index (χ2n) is 6.56. The van der Waals surface area contributed by atoms with Crippen molar-refractivity contribution in [1.82, 2.24) is 0 Å². The maximum atomic E-state index is 12.4. The highest BCUT2D eigenvalue weighted by molar-refractivity contribution is 5.96. The van der Waals surface area contributed by atoms with E-state index in [1.54, 1.807) is 24.3 Å². The smallest absolute Gasteiger partial charge is 0.309 e. The van der Waals surface area contributed by atoms with Gasteiger partial charge in [-0.2, -0.15) is 0 Å².